The molecule has 0 fully saturated rings. The molecule has 0 saturated carbocycles. The zero-order chi connectivity index (χ0) is 11.4. The average Bonchev–Trinajstić information content (AvgIpc) is 2.30. The summed E-state index contributed by atoms with van der Waals surface area (Å²) >= 11 is 0.262. The van der Waals surface area contributed by atoms with Crippen LogP contribution in [0, 0.1) is 11.3 Å². The van der Waals surface area contributed by atoms with E-state index in [0.717, 1.165) is 19.3 Å². The second-order valence-corrected chi connectivity index (χ2v) is 7.34. The Morgan fingerprint density at radius 1 is 1.31 bits per heavy atom. The summed E-state index contributed by atoms with van der Waals surface area (Å²) in [5.74, 6) is 0. The van der Waals surface area contributed by atoms with Crippen LogP contribution in [0.2, 0.25) is 4.31 Å². The topological polar surface area (TPSA) is 23.8 Å². The van der Waals surface area contributed by atoms with Gasteiger partial charge < -0.3 is 0 Å². The molecule has 82 valence electrons. The van der Waals surface area contributed by atoms with Crippen LogP contribution in [0.15, 0.2) is 42.0 Å². The number of hydrogen-bond acceptors (Lipinski definition) is 1. The van der Waals surface area contributed by atoms with E-state index >= 15 is 0 Å². The standard InChI is InChI=1S/C14H15NSe/c1-12-6-5-9-14(10-12,11-15)16-13-7-3-2-4-8-13/h2-4,6-8H,5,9-10H2,1H3. The van der Waals surface area contributed by atoms with E-state index in [4.69, 9.17) is 0 Å². The first-order chi connectivity index (χ1) is 7.74. The second-order valence-electron chi connectivity index (χ2n) is 4.29. The summed E-state index contributed by atoms with van der Waals surface area (Å²) in [6, 6.07) is 13.0. The molecule has 2 rings (SSSR count). The van der Waals surface area contributed by atoms with Gasteiger partial charge in [0.2, 0.25) is 0 Å². The molecule has 0 saturated heterocycles. The number of rotatable bonds is 2. The molecule has 1 aromatic rings. The summed E-state index contributed by atoms with van der Waals surface area (Å²) in [7, 11) is 0. The third-order valence-corrected chi connectivity index (χ3v) is 5.67. The Bertz CT molecular complexity index is 430. The Morgan fingerprint density at radius 2 is 2.06 bits per heavy atom. The number of allylic oxidation sites excluding steroid dienone is 2. The van der Waals surface area contributed by atoms with E-state index in [1.54, 1.807) is 0 Å². The zero-order valence-corrected chi connectivity index (χ0v) is 11.2. The van der Waals surface area contributed by atoms with Gasteiger partial charge in [0, 0.05) is 0 Å². The van der Waals surface area contributed by atoms with E-state index < -0.39 is 0 Å². The maximum atomic E-state index is 9.46. The van der Waals surface area contributed by atoms with Gasteiger partial charge in [-0.15, -0.1) is 0 Å². The van der Waals surface area contributed by atoms with Crippen molar-refractivity contribution in [2.45, 2.75) is 30.5 Å². The van der Waals surface area contributed by atoms with Gasteiger partial charge >= 0.3 is 103 Å². The maximum absolute atomic E-state index is 9.46. The molecule has 16 heavy (non-hydrogen) atoms. The van der Waals surface area contributed by atoms with Crippen LogP contribution in [0.4, 0.5) is 0 Å². The summed E-state index contributed by atoms with van der Waals surface area (Å²) in [6.07, 6.45) is 5.32. The SMILES string of the molecule is CC1=CCCC(C#N)([Se]c2ccccc2)C1. The number of benzene rings is 1. The van der Waals surface area contributed by atoms with Crippen LogP contribution < -0.4 is 4.46 Å². The van der Waals surface area contributed by atoms with Gasteiger partial charge in [-0.1, -0.05) is 0 Å². The third kappa shape index (κ3) is 2.55. The molecule has 0 amide bonds. The fourth-order valence-electron chi connectivity index (χ4n) is 2.08. The molecule has 0 spiro atoms. The van der Waals surface area contributed by atoms with Crippen molar-refractivity contribution in [1.29, 1.82) is 5.26 Å². The zero-order valence-electron chi connectivity index (χ0n) is 9.44. The van der Waals surface area contributed by atoms with Crippen molar-refractivity contribution in [1.82, 2.24) is 0 Å². The van der Waals surface area contributed by atoms with Crippen LogP contribution in [0.1, 0.15) is 26.2 Å². The van der Waals surface area contributed by atoms with E-state index in [9.17, 15) is 5.26 Å². The van der Waals surface area contributed by atoms with Crippen molar-refractivity contribution in [3.63, 3.8) is 0 Å². The molecule has 0 bridgehead atoms. The Morgan fingerprint density at radius 3 is 2.69 bits per heavy atom. The van der Waals surface area contributed by atoms with E-state index in [2.05, 4.69) is 43.3 Å². The second kappa shape index (κ2) is 4.87. The van der Waals surface area contributed by atoms with Crippen LogP contribution in [0.5, 0.6) is 0 Å². The van der Waals surface area contributed by atoms with E-state index in [0.29, 0.717) is 0 Å². The predicted molar refractivity (Wildman–Crippen MR) is 67.7 cm³/mol. The molecule has 1 aromatic carbocycles. The van der Waals surface area contributed by atoms with Gasteiger partial charge in [-0.25, -0.2) is 0 Å². The molecule has 1 unspecified atom stereocenters. The van der Waals surface area contributed by atoms with Gasteiger partial charge in [-0.3, -0.25) is 0 Å². The van der Waals surface area contributed by atoms with Crippen LogP contribution in [-0.2, 0) is 0 Å². The van der Waals surface area contributed by atoms with Crippen molar-refractivity contribution < 1.29 is 0 Å². The van der Waals surface area contributed by atoms with Crippen LogP contribution in [0.25, 0.3) is 0 Å². The van der Waals surface area contributed by atoms with Crippen molar-refractivity contribution in [3.8, 4) is 6.07 Å². The quantitative estimate of drug-likeness (QED) is 0.602. The molecule has 1 nitrogen and oxygen atoms in total. The fraction of sp³-hybridized carbons (Fsp3) is 0.357. The molecule has 0 N–H and O–H groups in total. The third-order valence-electron chi connectivity index (χ3n) is 2.87. The fourth-order valence-corrected chi connectivity index (χ4v) is 4.83. The van der Waals surface area contributed by atoms with Crippen molar-refractivity contribution in [3.05, 3.63) is 42.0 Å². The first-order valence-corrected chi connectivity index (χ1v) is 7.26. The van der Waals surface area contributed by atoms with E-state index in [-0.39, 0.29) is 19.3 Å². The first kappa shape index (κ1) is 11.5. The van der Waals surface area contributed by atoms with Gasteiger partial charge in [0.15, 0.2) is 0 Å². The van der Waals surface area contributed by atoms with Gasteiger partial charge in [-0.2, -0.15) is 0 Å². The number of nitriles is 1. The predicted octanol–water partition coefficient (Wildman–Crippen LogP) is 2.83. The summed E-state index contributed by atoms with van der Waals surface area (Å²) in [5.41, 5.74) is 1.38. The average molecular weight is 276 g/mol. The summed E-state index contributed by atoms with van der Waals surface area (Å²) in [4.78, 5) is 0. The number of nitrogens with zero attached hydrogens (tertiary/aromatic N) is 1. The first-order valence-electron chi connectivity index (χ1n) is 5.55. The van der Waals surface area contributed by atoms with Crippen molar-refractivity contribution in [2.24, 2.45) is 0 Å². The van der Waals surface area contributed by atoms with Gasteiger partial charge in [0.05, 0.1) is 0 Å². The molecule has 1 atom stereocenters. The monoisotopic (exact) mass is 277 g/mol. The Labute approximate surface area is 103 Å². The Balaban J connectivity index is 2.18. The molecule has 0 heterocycles. The minimum atomic E-state index is -0.104. The molecule has 1 aliphatic carbocycles. The molecule has 0 aromatic heterocycles. The van der Waals surface area contributed by atoms with E-state index in [1.165, 1.54) is 10.0 Å². The van der Waals surface area contributed by atoms with Crippen molar-refractivity contribution in [2.75, 3.05) is 0 Å². The Hall–Kier alpha value is -1.03. The van der Waals surface area contributed by atoms with Gasteiger partial charge in [0.1, 0.15) is 0 Å². The minimum absolute atomic E-state index is 0.104. The molecule has 2 heteroatoms. The van der Waals surface area contributed by atoms with Crippen LogP contribution in [-0.4, -0.2) is 15.0 Å². The summed E-state index contributed by atoms with van der Waals surface area (Å²) < 4.78 is 1.24. The summed E-state index contributed by atoms with van der Waals surface area (Å²) in [6.45, 7) is 2.15. The molecule has 0 radical (unpaired) electrons. The molecular weight excluding hydrogens is 261 g/mol. The van der Waals surface area contributed by atoms with Crippen molar-refractivity contribution >= 4 is 19.4 Å². The summed E-state index contributed by atoms with van der Waals surface area (Å²) in [5, 5.41) is 9.46. The molecule has 0 aliphatic heterocycles. The normalized spacial score (nSPS) is 24.6. The molecule has 1 aliphatic rings. The van der Waals surface area contributed by atoms with Gasteiger partial charge in [-0.05, 0) is 0 Å². The van der Waals surface area contributed by atoms with E-state index in [1.807, 2.05) is 6.07 Å². The Kier molecular flexibility index (Phi) is 3.49. The van der Waals surface area contributed by atoms with Crippen LogP contribution >= 0.6 is 0 Å². The van der Waals surface area contributed by atoms with Gasteiger partial charge in [0.25, 0.3) is 0 Å². The van der Waals surface area contributed by atoms with Crippen LogP contribution in [0.3, 0.4) is 0 Å². The number of hydrogen-bond donors (Lipinski definition) is 0. The molecular formula is C14H15NSe.